The zero-order valence-corrected chi connectivity index (χ0v) is 15.5. The van der Waals surface area contributed by atoms with Crippen molar-refractivity contribution in [2.75, 3.05) is 19.6 Å². The lowest BCUT2D eigenvalue weighted by molar-refractivity contribution is -0.147. The van der Waals surface area contributed by atoms with Gasteiger partial charge in [0.1, 0.15) is 11.9 Å². The van der Waals surface area contributed by atoms with Gasteiger partial charge in [0.05, 0.1) is 5.60 Å². The number of amides is 1. The van der Waals surface area contributed by atoms with Crippen LogP contribution in [0.2, 0.25) is 0 Å². The van der Waals surface area contributed by atoms with Gasteiger partial charge in [-0.25, -0.2) is 4.39 Å². The van der Waals surface area contributed by atoms with E-state index >= 15 is 0 Å². The number of carbonyl (C=O) groups is 1. The van der Waals surface area contributed by atoms with Gasteiger partial charge in [0, 0.05) is 26.2 Å². The van der Waals surface area contributed by atoms with E-state index in [2.05, 4.69) is 17.1 Å². The Bertz CT molecular complexity index is 646. The van der Waals surface area contributed by atoms with Crippen LogP contribution in [0, 0.1) is 17.7 Å². The van der Waals surface area contributed by atoms with Crippen LogP contribution in [-0.4, -0.2) is 42.1 Å². The Morgan fingerprint density at radius 1 is 1.27 bits per heavy atom. The Labute approximate surface area is 155 Å². The molecule has 1 saturated carbocycles. The lowest BCUT2D eigenvalue weighted by Gasteiger charge is -2.44. The summed E-state index contributed by atoms with van der Waals surface area (Å²) in [5, 5.41) is 3.06. The van der Waals surface area contributed by atoms with E-state index in [1.807, 2.05) is 12.1 Å². The van der Waals surface area contributed by atoms with Gasteiger partial charge in [-0.3, -0.25) is 9.69 Å². The number of likely N-dealkylation sites (tertiary alicyclic amines) is 1. The van der Waals surface area contributed by atoms with Gasteiger partial charge in [-0.15, -0.1) is 0 Å². The predicted octanol–water partition coefficient (Wildman–Crippen LogP) is 3.11. The van der Waals surface area contributed by atoms with Crippen molar-refractivity contribution in [3.63, 3.8) is 0 Å². The number of carbonyl (C=O) groups excluding carboxylic acids is 1. The highest BCUT2D eigenvalue weighted by atomic mass is 19.1. The fraction of sp³-hybridized carbons (Fsp3) is 0.667. The lowest BCUT2D eigenvalue weighted by Crippen LogP contribution is -2.51. The summed E-state index contributed by atoms with van der Waals surface area (Å²) >= 11 is 0. The van der Waals surface area contributed by atoms with Crippen molar-refractivity contribution in [3.8, 4) is 0 Å². The molecule has 1 N–H and O–H groups in total. The molecule has 3 atom stereocenters. The summed E-state index contributed by atoms with van der Waals surface area (Å²) in [5.74, 6) is 0.973. The van der Waals surface area contributed by atoms with Crippen molar-refractivity contribution in [2.24, 2.45) is 11.8 Å². The summed E-state index contributed by atoms with van der Waals surface area (Å²) in [6.07, 6.45) is 4.98. The highest BCUT2D eigenvalue weighted by Crippen LogP contribution is 2.42. The molecule has 1 amide bonds. The second-order valence-electron chi connectivity index (χ2n) is 8.41. The molecule has 0 radical (unpaired) electrons. The van der Waals surface area contributed by atoms with E-state index < -0.39 is 0 Å². The number of benzene rings is 1. The number of hydrogen-bond acceptors (Lipinski definition) is 3. The van der Waals surface area contributed by atoms with Crippen LogP contribution >= 0.6 is 0 Å². The topological polar surface area (TPSA) is 41.6 Å². The molecule has 1 aliphatic carbocycles. The van der Waals surface area contributed by atoms with Gasteiger partial charge >= 0.3 is 0 Å². The molecule has 1 aromatic carbocycles. The molecular weight excluding hydrogens is 331 g/mol. The molecule has 2 heterocycles. The third kappa shape index (κ3) is 3.94. The first-order valence-electron chi connectivity index (χ1n) is 9.96. The van der Waals surface area contributed by atoms with Gasteiger partial charge in [-0.1, -0.05) is 19.1 Å². The zero-order valence-electron chi connectivity index (χ0n) is 15.5. The molecule has 3 fully saturated rings. The molecule has 4 nitrogen and oxygen atoms in total. The number of ether oxygens (including phenoxy) is 1. The van der Waals surface area contributed by atoms with Gasteiger partial charge < -0.3 is 10.1 Å². The molecule has 4 rings (SSSR count). The summed E-state index contributed by atoms with van der Waals surface area (Å²) in [4.78, 5) is 14.8. The van der Waals surface area contributed by atoms with E-state index in [1.54, 1.807) is 0 Å². The minimum atomic E-state index is -0.278. The number of rotatable bonds is 5. The van der Waals surface area contributed by atoms with Crippen LogP contribution < -0.4 is 5.32 Å². The van der Waals surface area contributed by atoms with E-state index in [0.29, 0.717) is 11.8 Å². The average molecular weight is 360 g/mol. The van der Waals surface area contributed by atoms with Crippen LogP contribution in [0.4, 0.5) is 4.39 Å². The van der Waals surface area contributed by atoms with Crippen LogP contribution in [-0.2, 0) is 16.1 Å². The van der Waals surface area contributed by atoms with E-state index in [1.165, 1.54) is 25.0 Å². The molecule has 0 bridgehead atoms. The molecular formula is C21H29FN2O2. The predicted molar refractivity (Wildman–Crippen MR) is 98.0 cm³/mol. The molecule has 5 heteroatoms. The summed E-state index contributed by atoms with van der Waals surface area (Å²) in [7, 11) is 0. The number of nitrogens with one attached hydrogen (secondary N) is 1. The van der Waals surface area contributed by atoms with E-state index in [-0.39, 0.29) is 23.4 Å². The first kappa shape index (κ1) is 17.9. The maximum Gasteiger partial charge on any atom is 0.249 e. The monoisotopic (exact) mass is 360 g/mol. The average Bonchev–Trinajstić information content (AvgIpc) is 3.36. The van der Waals surface area contributed by atoms with Gasteiger partial charge in [-0.2, -0.15) is 0 Å². The third-order valence-electron chi connectivity index (χ3n) is 6.36. The normalized spacial score (nSPS) is 32.1. The van der Waals surface area contributed by atoms with E-state index in [9.17, 15) is 9.18 Å². The van der Waals surface area contributed by atoms with Crippen LogP contribution in [0.25, 0.3) is 0 Å². The summed E-state index contributed by atoms with van der Waals surface area (Å²) in [5.41, 5.74) is 0.986. The summed E-state index contributed by atoms with van der Waals surface area (Å²) < 4.78 is 19.4. The fourth-order valence-corrected chi connectivity index (χ4v) is 4.42. The van der Waals surface area contributed by atoms with Crippen molar-refractivity contribution in [1.82, 2.24) is 10.2 Å². The maximum absolute atomic E-state index is 13.1. The molecule has 0 unspecified atom stereocenters. The van der Waals surface area contributed by atoms with Crippen molar-refractivity contribution in [1.29, 1.82) is 0 Å². The Kier molecular flexibility index (Phi) is 5.02. The van der Waals surface area contributed by atoms with Crippen LogP contribution in [0.15, 0.2) is 24.3 Å². The number of nitrogens with zero attached hydrogens (tertiary/aromatic N) is 1. The molecule has 2 saturated heterocycles. The number of piperidine rings is 1. The third-order valence-corrected chi connectivity index (χ3v) is 6.36. The van der Waals surface area contributed by atoms with E-state index in [0.717, 1.165) is 51.0 Å². The molecule has 1 aromatic rings. The Balaban J connectivity index is 1.30. The first-order chi connectivity index (χ1) is 12.5. The number of hydrogen-bond donors (Lipinski definition) is 1. The van der Waals surface area contributed by atoms with Gasteiger partial charge in [0.2, 0.25) is 5.91 Å². The van der Waals surface area contributed by atoms with Crippen molar-refractivity contribution < 1.29 is 13.9 Å². The van der Waals surface area contributed by atoms with Crippen LogP contribution in [0.1, 0.15) is 44.6 Å². The number of halogens is 1. The minimum absolute atomic E-state index is 0.0784. The second kappa shape index (κ2) is 7.28. The summed E-state index contributed by atoms with van der Waals surface area (Å²) in [6.45, 7) is 5.80. The van der Waals surface area contributed by atoms with Crippen molar-refractivity contribution >= 4 is 5.91 Å². The molecule has 26 heavy (non-hydrogen) atoms. The molecule has 1 spiro atoms. The van der Waals surface area contributed by atoms with Gasteiger partial charge in [0.25, 0.3) is 0 Å². The van der Waals surface area contributed by atoms with Gasteiger partial charge in [-0.05, 0) is 61.6 Å². The van der Waals surface area contributed by atoms with Crippen molar-refractivity contribution in [3.05, 3.63) is 35.6 Å². The maximum atomic E-state index is 13.1. The van der Waals surface area contributed by atoms with Crippen LogP contribution in [0.5, 0.6) is 0 Å². The Morgan fingerprint density at radius 2 is 2.04 bits per heavy atom. The second-order valence-corrected chi connectivity index (χ2v) is 8.41. The van der Waals surface area contributed by atoms with E-state index in [4.69, 9.17) is 4.74 Å². The smallest absolute Gasteiger partial charge is 0.249 e. The Hall–Kier alpha value is -1.46. The summed E-state index contributed by atoms with van der Waals surface area (Å²) in [6, 6.07) is 6.76. The quantitative estimate of drug-likeness (QED) is 0.877. The molecule has 3 aliphatic rings. The lowest BCUT2D eigenvalue weighted by atomic mass is 9.80. The molecule has 2 aliphatic heterocycles. The first-order valence-corrected chi connectivity index (χ1v) is 9.96. The van der Waals surface area contributed by atoms with Crippen molar-refractivity contribution in [2.45, 2.75) is 57.3 Å². The highest BCUT2D eigenvalue weighted by Gasteiger charge is 2.48. The fourth-order valence-electron chi connectivity index (χ4n) is 4.42. The SMILES string of the molecule is C[C@H]1CN(Cc2ccc(F)cc2)CC[C@]12CC[C@@H](C(=O)NCC1CC1)O2. The Morgan fingerprint density at radius 3 is 2.73 bits per heavy atom. The molecule has 0 aromatic heterocycles. The highest BCUT2D eigenvalue weighted by molar-refractivity contribution is 5.81. The zero-order chi connectivity index (χ0) is 18.1. The van der Waals surface area contributed by atoms with Gasteiger partial charge in [0.15, 0.2) is 0 Å². The largest absolute Gasteiger partial charge is 0.362 e. The minimum Gasteiger partial charge on any atom is -0.362 e. The standard InChI is InChI=1S/C21H29FN2O2/c1-15-13-24(14-17-4-6-18(22)7-5-17)11-10-21(15)9-8-19(26-21)20(25)23-12-16-2-3-16/h4-7,15-16,19H,2-3,8-14H2,1H3,(H,23,25)/t15-,19-,21+/m0/s1. The molecule has 142 valence electrons. The van der Waals surface area contributed by atoms with Crippen LogP contribution in [0.3, 0.4) is 0 Å².